The number of carboxylic acid groups (broad SMARTS) is 1. The number of rotatable bonds is 6. The number of aliphatic carboxylic acids is 1. The predicted molar refractivity (Wildman–Crippen MR) is 94.8 cm³/mol. The lowest BCUT2D eigenvalue weighted by atomic mass is 10.0. The van der Waals surface area contributed by atoms with E-state index in [-0.39, 0.29) is 12.3 Å². The first-order valence-electron chi connectivity index (χ1n) is 7.80. The van der Waals surface area contributed by atoms with Crippen molar-refractivity contribution in [2.75, 3.05) is 0 Å². The molecule has 0 saturated heterocycles. The molecule has 0 spiro atoms. The van der Waals surface area contributed by atoms with Gasteiger partial charge in [0.25, 0.3) is 5.91 Å². The van der Waals surface area contributed by atoms with Crippen molar-refractivity contribution in [2.24, 2.45) is 0 Å². The van der Waals surface area contributed by atoms with Gasteiger partial charge >= 0.3 is 5.97 Å². The zero-order valence-electron chi connectivity index (χ0n) is 13.8. The van der Waals surface area contributed by atoms with Gasteiger partial charge in [0.1, 0.15) is 6.04 Å². The summed E-state index contributed by atoms with van der Waals surface area (Å²) in [6.45, 7) is 3.78. The first-order chi connectivity index (χ1) is 11.5. The Balaban J connectivity index is 2.09. The summed E-state index contributed by atoms with van der Waals surface area (Å²) in [5, 5.41) is 11.8. The van der Waals surface area contributed by atoms with Crippen molar-refractivity contribution < 1.29 is 14.7 Å². The van der Waals surface area contributed by atoms with Crippen molar-refractivity contribution in [1.29, 1.82) is 0 Å². The normalized spacial score (nSPS) is 11.4. The lowest BCUT2D eigenvalue weighted by molar-refractivity contribution is -0.139. The number of hydrogen-bond donors (Lipinski definition) is 2. The van der Waals surface area contributed by atoms with E-state index in [1.165, 1.54) is 0 Å². The van der Waals surface area contributed by atoms with Crippen LogP contribution < -0.4 is 5.32 Å². The Kier molecular flexibility index (Phi) is 5.90. The van der Waals surface area contributed by atoms with E-state index in [4.69, 9.17) is 0 Å². The van der Waals surface area contributed by atoms with Crippen LogP contribution in [0.15, 0.2) is 66.2 Å². The van der Waals surface area contributed by atoms with Crippen LogP contribution in [-0.4, -0.2) is 23.0 Å². The van der Waals surface area contributed by atoms with Crippen LogP contribution >= 0.6 is 0 Å². The van der Waals surface area contributed by atoms with Gasteiger partial charge in [-0.3, -0.25) is 4.79 Å². The van der Waals surface area contributed by atoms with Gasteiger partial charge in [-0.25, -0.2) is 4.79 Å². The van der Waals surface area contributed by atoms with Gasteiger partial charge in [-0.1, -0.05) is 54.1 Å². The van der Waals surface area contributed by atoms with E-state index in [0.29, 0.717) is 5.56 Å². The molecule has 0 radical (unpaired) electrons. The van der Waals surface area contributed by atoms with E-state index in [1.54, 1.807) is 18.2 Å². The monoisotopic (exact) mass is 323 g/mol. The lowest BCUT2D eigenvalue weighted by Crippen LogP contribution is -2.40. The van der Waals surface area contributed by atoms with E-state index in [1.807, 2.05) is 56.3 Å². The minimum absolute atomic E-state index is 0.269. The molecule has 0 aliphatic rings. The predicted octanol–water partition coefficient (Wildman–Crippen LogP) is 3.89. The summed E-state index contributed by atoms with van der Waals surface area (Å²) in [4.78, 5) is 23.5. The average Bonchev–Trinajstić information content (AvgIpc) is 2.59. The summed E-state index contributed by atoms with van der Waals surface area (Å²) in [7, 11) is 0. The van der Waals surface area contributed by atoms with Crippen LogP contribution in [0.2, 0.25) is 0 Å². The molecule has 2 rings (SSSR count). The molecule has 4 nitrogen and oxygen atoms in total. The van der Waals surface area contributed by atoms with Crippen molar-refractivity contribution in [3.8, 4) is 11.1 Å². The minimum Gasteiger partial charge on any atom is -0.480 e. The third-order valence-corrected chi connectivity index (χ3v) is 3.62. The summed E-state index contributed by atoms with van der Waals surface area (Å²) in [6.07, 6.45) is 2.07. The summed E-state index contributed by atoms with van der Waals surface area (Å²) >= 11 is 0. The SMILES string of the molecule is CC(C)=CC[C@H](NC(=O)c1ccc(-c2ccccc2)cc1)C(=O)O. The van der Waals surface area contributed by atoms with Gasteiger partial charge in [0.05, 0.1) is 0 Å². The maximum atomic E-state index is 12.3. The fraction of sp³-hybridized carbons (Fsp3) is 0.200. The second kappa shape index (κ2) is 8.11. The number of allylic oxidation sites excluding steroid dienone is 1. The van der Waals surface area contributed by atoms with E-state index in [9.17, 15) is 14.7 Å². The molecule has 1 amide bonds. The summed E-state index contributed by atoms with van der Waals surface area (Å²) in [5.41, 5.74) is 3.53. The van der Waals surface area contributed by atoms with Crippen molar-refractivity contribution in [2.45, 2.75) is 26.3 Å². The Hall–Kier alpha value is -2.88. The molecule has 0 unspecified atom stereocenters. The number of carbonyl (C=O) groups excluding carboxylic acids is 1. The van der Waals surface area contributed by atoms with Gasteiger partial charge < -0.3 is 10.4 Å². The van der Waals surface area contributed by atoms with Crippen LogP contribution in [0.4, 0.5) is 0 Å². The molecule has 0 bridgehead atoms. The Morgan fingerprint density at radius 2 is 1.58 bits per heavy atom. The van der Waals surface area contributed by atoms with Gasteiger partial charge in [0, 0.05) is 5.56 Å². The molecule has 0 aliphatic carbocycles. The van der Waals surface area contributed by atoms with Crippen LogP contribution in [0, 0.1) is 0 Å². The van der Waals surface area contributed by atoms with Gasteiger partial charge in [-0.2, -0.15) is 0 Å². The maximum Gasteiger partial charge on any atom is 0.326 e. The number of carboxylic acids is 1. The van der Waals surface area contributed by atoms with E-state index >= 15 is 0 Å². The Bertz CT molecular complexity index is 729. The highest BCUT2D eigenvalue weighted by atomic mass is 16.4. The highest BCUT2D eigenvalue weighted by Crippen LogP contribution is 2.19. The molecule has 0 heterocycles. The third kappa shape index (κ3) is 4.81. The molecule has 0 aliphatic heterocycles. The van der Waals surface area contributed by atoms with Crippen LogP contribution in [-0.2, 0) is 4.79 Å². The van der Waals surface area contributed by atoms with Gasteiger partial charge in [-0.15, -0.1) is 0 Å². The van der Waals surface area contributed by atoms with Crippen LogP contribution in [0.3, 0.4) is 0 Å². The largest absolute Gasteiger partial charge is 0.480 e. The number of carbonyl (C=O) groups is 2. The molecule has 124 valence electrons. The average molecular weight is 323 g/mol. The van der Waals surface area contributed by atoms with Crippen LogP contribution in [0.5, 0.6) is 0 Å². The molecule has 2 aromatic carbocycles. The standard InChI is InChI=1S/C20H21NO3/c1-14(2)8-13-18(20(23)24)21-19(22)17-11-9-16(10-12-17)15-6-4-3-5-7-15/h3-12,18H,13H2,1-2H3,(H,21,22)(H,23,24)/t18-/m0/s1. The fourth-order valence-corrected chi connectivity index (χ4v) is 2.26. The number of benzene rings is 2. The Morgan fingerprint density at radius 3 is 2.12 bits per heavy atom. The zero-order chi connectivity index (χ0) is 17.5. The first kappa shape index (κ1) is 17.5. The van der Waals surface area contributed by atoms with Crippen molar-refractivity contribution in [1.82, 2.24) is 5.32 Å². The minimum atomic E-state index is -1.04. The van der Waals surface area contributed by atoms with Crippen LogP contribution in [0.25, 0.3) is 11.1 Å². The topological polar surface area (TPSA) is 66.4 Å². The molecule has 24 heavy (non-hydrogen) atoms. The maximum absolute atomic E-state index is 12.3. The third-order valence-electron chi connectivity index (χ3n) is 3.62. The molecule has 0 fully saturated rings. The van der Waals surface area contributed by atoms with Gasteiger partial charge in [0.2, 0.25) is 0 Å². The summed E-state index contributed by atoms with van der Waals surface area (Å²) in [5.74, 6) is -1.43. The zero-order valence-corrected chi connectivity index (χ0v) is 13.8. The second-order valence-corrected chi connectivity index (χ2v) is 5.82. The van der Waals surface area contributed by atoms with Crippen molar-refractivity contribution in [3.63, 3.8) is 0 Å². The van der Waals surface area contributed by atoms with Gasteiger partial charge in [-0.05, 0) is 43.5 Å². The highest BCUT2D eigenvalue weighted by molar-refractivity contribution is 5.97. The molecule has 1 atom stereocenters. The highest BCUT2D eigenvalue weighted by Gasteiger charge is 2.19. The fourth-order valence-electron chi connectivity index (χ4n) is 2.26. The van der Waals surface area contributed by atoms with Gasteiger partial charge in [0.15, 0.2) is 0 Å². The number of hydrogen-bond acceptors (Lipinski definition) is 2. The first-order valence-corrected chi connectivity index (χ1v) is 7.80. The summed E-state index contributed by atoms with van der Waals surface area (Å²) < 4.78 is 0. The lowest BCUT2D eigenvalue weighted by Gasteiger charge is -2.13. The molecule has 0 aromatic heterocycles. The molecule has 2 N–H and O–H groups in total. The number of amides is 1. The molecular weight excluding hydrogens is 302 g/mol. The quantitative estimate of drug-likeness (QED) is 0.793. The molecule has 2 aromatic rings. The summed E-state index contributed by atoms with van der Waals surface area (Å²) in [6, 6.07) is 16.0. The second-order valence-electron chi connectivity index (χ2n) is 5.82. The van der Waals surface area contributed by atoms with E-state index in [0.717, 1.165) is 16.7 Å². The van der Waals surface area contributed by atoms with E-state index < -0.39 is 12.0 Å². The molecule has 0 saturated carbocycles. The number of nitrogens with one attached hydrogen (secondary N) is 1. The molecule has 4 heteroatoms. The molecular formula is C20H21NO3. The smallest absolute Gasteiger partial charge is 0.326 e. The Morgan fingerprint density at radius 1 is 1.00 bits per heavy atom. The van der Waals surface area contributed by atoms with Crippen LogP contribution in [0.1, 0.15) is 30.6 Å². The van der Waals surface area contributed by atoms with Crippen molar-refractivity contribution in [3.05, 3.63) is 71.8 Å². The van der Waals surface area contributed by atoms with Crippen molar-refractivity contribution >= 4 is 11.9 Å². The van der Waals surface area contributed by atoms with E-state index in [2.05, 4.69) is 5.32 Å². The Labute approximate surface area is 141 Å².